The predicted octanol–water partition coefficient (Wildman–Crippen LogP) is 2.94. The maximum Gasteiger partial charge on any atom is 0.191 e. The topological polar surface area (TPSA) is 76.4 Å². The minimum atomic E-state index is 0. The lowest BCUT2D eigenvalue weighted by Gasteiger charge is -2.15. The largest absolute Gasteiger partial charge is 0.488 e. The van der Waals surface area contributed by atoms with Crippen LogP contribution in [0.2, 0.25) is 0 Å². The van der Waals surface area contributed by atoms with Crippen LogP contribution in [0.25, 0.3) is 5.82 Å². The van der Waals surface area contributed by atoms with Gasteiger partial charge in [0.05, 0.1) is 13.1 Å². The van der Waals surface area contributed by atoms with E-state index in [0.29, 0.717) is 13.1 Å². The molecule has 1 unspecified atom stereocenters. The summed E-state index contributed by atoms with van der Waals surface area (Å²) < 4.78 is 7.73. The van der Waals surface area contributed by atoms with E-state index < -0.39 is 0 Å². The van der Waals surface area contributed by atoms with Gasteiger partial charge in [-0.05, 0) is 42.3 Å². The van der Waals surface area contributed by atoms with Crippen LogP contribution >= 0.6 is 24.0 Å². The summed E-state index contributed by atoms with van der Waals surface area (Å²) in [5.74, 6) is 2.55. The fourth-order valence-electron chi connectivity index (χ4n) is 3.18. The third-order valence-corrected chi connectivity index (χ3v) is 4.52. The van der Waals surface area contributed by atoms with Crippen LogP contribution in [0.4, 0.5) is 0 Å². The number of guanidine groups is 1. The first-order chi connectivity index (χ1) is 13.8. The van der Waals surface area contributed by atoms with Crippen molar-refractivity contribution in [3.8, 4) is 11.6 Å². The van der Waals surface area contributed by atoms with Gasteiger partial charge in [0.2, 0.25) is 0 Å². The number of hydrogen-bond donors (Lipinski definition) is 2. The fraction of sp³-hybridized carbons (Fsp3) is 0.286. The van der Waals surface area contributed by atoms with Crippen LogP contribution < -0.4 is 15.4 Å². The highest BCUT2D eigenvalue weighted by molar-refractivity contribution is 14.0. The molecule has 1 aromatic carbocycles. The van der Waals surface area contributed by atoms with E-state index in [1.165, 1.54) is 5.56 Å². The van der Waals surface area contributed by atoms with E-state index in [0.717, 1.165) is 36.1 Å². The van der Waals surface area contributed by atoms with Gasteiger partial charge >= 0.3 is 0 Å². The molecule has 1 aliphatic heterocycles. The third-order valence-electron chi connectivity index (χ3n) is 4.52. The molecule has 0 spiro atoms. The normalized spacial score (nSPS) is 15.2. The van der Waals surface area contributed by atoms with Crippen LogP contribution in [0.15, 0.2) is 66.0 Å². The highest BCUT2D eigenvalue weighted by Gasteiger charge is 2.22. The number of nitrogens with zero attached hydrogens (tertiary/aromatic N) is 4. The molecular weight excluding hydrogens is 479 g/mol. The SMILES string of the molecule is CCNC(=NCc1ccnc(-n2cccn2)c1)NCC1Cc2ccccc2O1.I. The molecule has 2 N–H and O–H groups in total. The summed E-state index contributed by atoms with van der Waals surface area (Å²) in [6.45, 7) is 4.11. The molecule has 2 aromatic heterocycles. The first-order valence-corrected chi connectivity index (χ1v) is 9.53. The maximum atomic E-state index is 5.99. The van der Waals surface area contributed by atoms with Crippen LogP contribution in [-0.2, 0) is 13.0 Å². The second kappa shape index (κ2) is 10.2. The van der Waals surface area contributed by atoms with Crippen molar-refractivity contribution < 1.29 is 4.74 Å². The zero-order valence-electron chi connectivity index (χ0n) is 16.3. The number of para-hydroxylation sites is 1. The number of halogens is 1. The first-order valence-electron chi connectivity index (χ1n) is 9.53. The maximum absolute atomic E-state index is 5.99. The van der Waals surface area contributed by atoms with Gasteiger partial charge in [0.15, 0.2) is 11.8 Å². The molecule has 8 heteroatoms. The summed E-state index contributed by atoms with van der Waals surface area (Å²) in [4.78, 5) is 9.06. The van der Waals surface area contributed by atoms with E-state index in [4.69, 9.17) is 9.73 Å². The van der Waals surface area contributed by atoms with Crippen molar-refractivity contribution in [3.63, 3.8) is 0 Å². The molecule has 152 valence electrons. The molecule has 7 nitrogen and oxygen atoms in total. The van der Waals surface area contributed by atoms with Crippen molar-refractivity contribution in [2.45, 2.75) is 26.0 Å². The molecule has 29 heavy (non-hydrogen) atoms. The zero-order valence-corrected chi connectivity index (χ0v) is 18.6. The van der Waals surface area contributed by atoms with E-state index in [-0.39, 0.29) is 30.1 Å². The van der Waals surface area contributed by atoms with Crippen LogP contribution in [-0.4, -0.2) is 39.9 Å². The number of aliphatic imine (C=N–C) groups is 1. The number of benzene rings is 1. The van der Waals surface area contributed by atoms with E-state index in [1.807, 2.05) is 36.5 Å². The molecule has 0 bridgehead atoms. The lowest BCUT2D eigenvalue weighted by Crippen LogP contribution is -2.42. The van der Waals surface area contributed by atoms with Gasteiger partial charge in [-0.2, -0.15) is 5.10 Å². The van der Waals surface area contributed by atoms with Gasteiger partial charge in [0.25, 0.3) is 0 Å². The van der Waals surface area contributed by atoms with Crippen LogP contribution in [0.3, 0.4) is 0 Å². The Morgan fingerprint density at radius 2 is 2.10 bits per heavy atom. The van der Waals surface area contributed by atoms with Gasteiger partial charge in [-0.15, -0.1) is 24.0 Å². The second-order valence-corrected chi connectivity index (χ2v) is 6.60. The van der Waals surface area contributed by atoms with E-state index in [2.05, 4.69) is 39.8 Å². The van der Waals surface area contributed by atoms with Crippen molar-refractivity contribution in [2.24, 2.45) is 4.99 Å². The third kappa shape index (κ3) is 5.47. The number of ether oxygens (including phenoxy) is 1. The Kier molecular flexibility index (Phi) is 7.45. The summed E-state index contributed by atoms with van der Waals surface area (Å²) in [5.41, 5.74) is 2.33. The quantitative estimate of drug-likeness (QED) is 0.307. The molecule has 1 aliphatic rings. The highest BCUT2D eigenvalue weighted by Crippen LogP contribution is 2.27. The number of hydrogen-bond acceptors (Lipinski definition) is 4. The Balaban J connectivity index is 0.00000240. The van der Waals surface area contributed by atoms with Crippen LogP contribution in [0, 0.1) is 0 Å². The Morgan fingerprint density at radius 3 is 2.90 bits per heavy atom. The van der Waals surface area contributed by atoms with E-state index >= 15 is 0 Å². The van der Waals surface area contributed by atoms with Gasteiger partial charge in [-0.3, -0.25) is 0 Å². The minimum Gasteiger partial charge on any atom is -0.488 e. The highest BCUT2D eigenvalue weighted by atomic mass is 127. The lowest BCUT2D eigenvalue weighted by atomic mass is 10.1. The molecule has 3 heterocycles. The fourth-order valence-corrected chi connectivity index (χ4v) is 3.18. The molecule has 0 saturated heterocycles. The van der Waals surface area contributed by atoms with E-state index in [9.17, 15) is 0 Å². The molecule has 0 radical (unpaired) electrons. The zero-order chi connectivity index (χ0) is 19.2. The minimum absolute atomic E-state index is 0. The molecule has 4 rings (SSSR count). The van der Waals surface area contributed by atoms with Gasteiger partial charge in [0, 0.05) is 31.6 Å². The molecule has 1 atom stereocenters. The summed E-state index contributed by atoms with van der Waals surface area (Å²) in [6, 6.07) is 14.0. The van der Waals surface area contributed by atoms with Crippen molar-refractivity contribution in [1.29, 1.82) is 0 Å². The Morgan fingerprint density at radius 1 is 1.21 bits per heavy atom. The summed E-state index contributed by atoms with van der Waals surface area (Å²) >= 11 is 0. The number of fused-ring (bicyclic) bond motifs is 1. The van der Waals surface area contributed by atoms with Crippen LogP contribution in [0.1, 0.15) is 18.1 Å². The lowest BCUT2D eigenvalue weighted by molar-refractivity contribution is 0.235. The number of pyridine rings is 1. The average molecular weight is 504 g/mol. The van der Waals surface area contributed by atoms with Gasteiger partial charge in [-0.25, -0.2) is 14.7 Å². The molecule has 0 saturated carbocycles. The van der Waals surface area contributed by atoms with Crippen molar-refractivity contribution in [2.75, 3.05) is 13.1 Å². The molecule has 3 aromatic rings. The first kappa shape index (κ1) is 21.1. The Hall–Kier alpha value is -2.62. The summed E-state index contributed by atoms with van der Waals surface area (Å²) in [6.07, 6.45) is 6.43. The molecule has 0 aliphatic carbocycles. The smallest absolute Gasteiger partial charge is 0.191 e. The van der Waals surface area contributed by atoms with Crippen molar-refractivity contribution in [3.05, 3.63) is 72.2 Å². The Labute approximate surface area is 187 Å². The molecular formula is C21H25IN6O. The second-order valence-electron chi connectivity index (χ2n) is 6.60. The van der Waals surface area contributed by atoms with Crippen LogP contribution in [0.5, 0.6) is 5.75 Å². The molecule has 0 amide bonds. The predicted molar refractivity (Wildman–Crippen MR) is 124 cm³/mol. The van der Waals surface area contributed by atoms with Gasteiger partial charge < -0.3 is 15.4 Å². The summed E-state index contributed by atoms with van der Waals surface area (Å²) in [5, 5.41) is 10.9. The number of rotatable bonds is 6. The standard InChI is InChI=1S/C21H24N6O.HI/c1-2-22-21(25-15-18-13-17-6-3-4-7-19(17)28-18)24-14-16-8-10-23-20(12-16)27-11-5-9-26-27;/h3-12,18H,2,13-15H2,1H3,(H2,22,24,25);1H. The average Bonchev–Trinajstić information content (AvgIpc) is 3.40. The van der Waals surface area contributed by atoms with Gasteiger partial charge in [0.1, 0.15) is 11.9 Å². The number of nitrogens with one attached hydrogen (secondary N) is 2. The molecule has 0 fully saturated rings. The van der Waals surface area contributed by atoms with E-state index in [1.54, 1.807) is 17.1 Å². The van der Waals surface area contributed by atoms with Crippen molar-refractivity contribution in [1.82, 2.24) is 25.4 Å². The van der Waals surface area contributed by atoms with Gasteiger partial charge in [-0.1, -0.05) is 18.2 Å². The number of aromatic nitrogens is 3. The Bertz CT molecular complexity index is 919. The monoisotopic (exact) mass is 504 g/mol. The summed E-state index contributed by atoms with van der Waals surface area (Å²) in [7, 11) is 0. The van der Waals surface area contributed by atoms with Crippen molar-refractivity contribution >= 4 is 29.9 Å².